The number of nitrogens with zero attached hydrogens (tertiary/aromatic N) is 1. The summed E-state index contributed by atoms with van der Waals surface area (Å²) >= 11 is 0. The van der Waals surface area contributed by atoms with Gasteiger partial charge in [-0.3, -0.25) is 14.6 Å². The van der Waals surface area contributed by atoms with Gasteiger partial charge in [0.1, 0.15) is 5.75 Å². The van der Waals surface area contributed by atoms with Crippen LogP contribution in [0, 0.1) is 10.1 Å². The number of nitro benzene ring substituents is 1. The third-order valence-corrected chi connectivity index (χ3v) is 3.62. The first-order chi connectivity index (χ1) is 8.09. The Morgan fingerprint density at radius 3 is 2.53 bits per heavy atom. The van der Waals surface area contributed by atoms with Crippen molar-refractivity contribution in [3.05, 3.63) is 34.4 Å². The standard InChI is InChI=1S/C9H10NO6P/c11-10(12)8-1-3-9(4-2-8)16-17(13)7-14-5-6-15-17/h1-4H,5-7H2/t17-/m0/s1. The van der Waals surface area contributed by atoms with Gasteiger partial charge in [0.25, 0.3) is 5.69 Å². The molecule has 0 amide bonds. The highest BCUT2D eigenvalue weighted by Crippen LogP contribution is 2.49. The second kappa shape index (κ2) is 4.83. The minimum absolute atomic E-state index is 0.0588. The fourth-order valence-corrected chi connectivity index (χ4v) is 2.62. The van der Waals surface area contributed by atoms with Crippen molar-refractivity contribution in [3.63, 3.8) is 0 Å². The number of hydrogen-bond acceptors (Lipinski definition) is 6. The topological polar surface area (TPSA) is 87.9 Å². The first-order valence-electron chi connectivity index (χ1n) is 4.84. The molecule has 1 aromatic rings. The Bertz CT molecular complexity index is 449. The number of nitro groups is 1. The SMILES string of the molecule is O=[N+]([O-])c1ccc(O[P@]2(=O)COCCO2)cc1. The van der Waals surface area contributed by atoms with E-state index in [2.05, 4.69) is 0 Å². The molecule has 0 aliphatic carbocycles. The van der Waals surface area contributed by atoms with E-state index in [9.17, 15) is 14.7 Å². The quantitative estimate of drug-likeness (QED) is 0.469. The summed E-state index contributed by atoms with van der Waals surface area (Å²) in [5.74, 6) is 0.254. The molecule has 1 aliphatic rings. The molecular formula is C9H10NO6P. The van der Waals surface area contributed by atoms with E-state index in [0.717, 1.165) is 0 Å². The summed E-state index contributed by atoms with van der Waals surface area (Å²) in [5, 5.41) is 10.4. The van der Waals surface area contributed by atoms with Crippen LogP contribution in [0.3, 0.4) is 0 Å². The highest BCUT2D eigenvalue weighted by atomic mass is 31.2. The largest absolute Gasteiger partial charge is 0.423 e. The highest BCUT2D eigenvalue weighted by molar-refractivity contribution is 7.54. The first kappa shape index (κ1) is 12.0. The molecule has 8 heteroatoms. The van der Waals surface area contributed by atoms with E-state index >= 15 is 0 Å². The van der Waals surface area contributed by atoms with Gasteiger partial charge >= 0.3 is 7.60 Å². The molecule has 7 nitrogen and oxygen atoms in total. The third kappa shape index (κ3) is 3.03. The zero-order valence-electron chi connectivity index (χ0n) is 8.77. The molecule has 1 saturated heterocycles. The van der Waals surface area contributed by atoms with Gasteiger partial charge in [0.2, 0.25) is 0 Å². The third-order valence-electron chi connectivity index (χ3n) is 2.06. The van der Waals surface area contributed by atoms with Crippen LogP contribution in [0.25, 0.3) is 0 Å². The smallest absolute Gasteiger partial charge is 0.404 e. The van der Waals surface area contributed by atoms with Crippen LogP contribution in [0.5, 0.6) is 5.75 Å². The van der Waals surface area contributed by atoms with Crippen LogP contribution in [0.2, 0.25) is 0 Å². The normalized spacial score (nSPS) is 24.2. The van der Waals surface area contributed by atoms with Gasteiger partial charge in [-0.15, -0.1) is 0 Å². The van der Waals surface area contributed by atoms with Crippen molar-refractivity contribution in [1.82, 2.24) is 0 Å². The highest BCUT2D eigenvalue weighted by Gasteiger charge is 2.30. The molecule has 0 bridgehead atoms. The van der Waals surface area contributed by atoms with Crippen molar-refractivity contribution in [3.8, 4) is 5.75 Å². The van der Waals surface area contributed by atoms with Crippen LogP contribution in [0.1, 0.15) is 0 Å². The van der Waals surface area contributed by atoms with Crippen molar-refractivity contribution in [1.29, 1.82) is 0 Å². The minimum atomic E-state index is -3.27. The van der Waals surface area contributed by atoms with Crippen LogP contribution in [-0.2, 0) is 13.8 Å². The molecular weight excluding hydrogens is 249 g/mol. The molecule has 0 saturated carbocycles. The molecule has 2 rings (SSSR count). The minimum Gasteiger partial charge on any atom is -0.423 e. The maximum absolute atomic E-state index is 11.9. The first-order valence-corrected chi connectivity index (χ1v) is 6.57. The molecule has 92 valence electrons. The molecule has 0 spiro atoms. The van der Waals surface area contributed by atoms with Gasteiger partial charge in [-0.05, 0) is 12.1 Å². The Morgan fingerprint density at radius 1 is 1.29 bits per heavy atom. The molecule has 0 N–H and O–H groups in total. The van der Waals surface area contributed by atoms with E-state index in [1.54, 1.807) is 0 Å². The maximum Gasteiger partial charge on any atom is 0.404 e. The Hall–Kier alpha value is -1.43. The molecule has 0 unspecified atom stereocenters. The Balaban J connectivity index is 2.08. The lowest BCUT2D eigenvalue weighted by atomic mass is 10.3. The lowest BCUT2D eigenvalue weighted by Crippen LogP contribution is -2.16. The van der Waals surface area contributed by atoms with Crippen molar-refractivity contribution in [2.24, 2.45) is 0 Å². The fourth-order valence-electron chi connectivity index (χ4n) is 1.29. The number of ether oxygens (including phenoxy) is 1. The Labute approximate surface area is 97.0 Å². The number of rotatable bonds is 3. The van der Waals surface area contributed by atoms with Crippen molar-refractivity contribution in [2.75, 3.05) is 19.6 Å². The summed E-state index contributed by atoms with van der Waals surface area (Å²) in [6.07, 6.45) is -0.107. The zero-order valence-corrected chi connectivity index (χ0v) is 9.67. The zero-order chi connectivity index (χ0) is 12.3. The van der Waals surface area contributed by atoms with E-state index in [0.29, 0.717) is 6.61 Å². The number of non-ortho nitro benzene ring substituents is 1. The van der Waals surface area contributed by atoms with Gasteiger partial charge in [0.05, 0.1) is 18.1 Å². The summed E-state index contributed by atoms with van der Waals surface area (Å²) in [7, 11) is -3.27. The summed E-state index contributed by atoms with van der Waals surface area (Å²) < 4.78 is 27.1. The van der Waals surface area contributed by atoms with Crippen molar-refractivity contribution >= 4 is 13.3 Å². The molecule has 0 aromatic heterocycles. The van der Waals surface area contributed by atoms with Gasteiger partial charge in [-0.1, -0.05) is 0 Å². The number of benzene rings is 1. The predicted molar refractivity (Wildman–Crippen MR) is 58.1 cm³/mol. The average Bonchev–Trinajstić information content (AvgIpc) is 2.30. The molecule has 1 aliphatic heterocycles. The Kier molecular flexibility index (Phi) is 3.42. The van der Waals surface area contributed by atoms with E-state index in [1.807, 2.05) is 0 Å². The fraction of sp³-hybridized carbons (Fsp3) is 0.333. The molecule has 1 aromatic carbocycles. The van der Waals surface area contributed by atoms with Crippen LogP contribution in [0.4, 0.5) is 5.69 Å². The molecule has 1 atom stereocenters. The lowest BCUT2D eigenvalue weighted by Gasteiger charge is -2.22. The summed E-state index contributed by atoms with van der Waals surface area (Å²) in [5.41, 5.74) is -0.0588. The summed E-state index contributed by atoms with van der Waals surface area (Å²) in [6.45, 7) is 0.595. The molecule has 1 heterocycles. The van der Waals surface area contributed by atoms with Crippen molar-refractivity contribution in [2.45, 2.75) is 0 Å². The van der Waals surface area contributed by atoms with Gasteiger partial charge in [0.15, 0.2) is 6.35 Å². The maximum atomic E-state index is 11.9. The van der Waals surface area contributed by atoms with Crippen molar-refractivity contribution < 1.29 is 23.3 Å². The predicted octanol–water partition coefficient (Wildman–Crippen LogP) is 2.17. The number of hydrogen-bond donors (Lipinski definition) is 0. The summed E-state index contributed by atoms with van der Waals surface area (Å²) in [6, 6.07) is 5.28. The molecule has 0 radical (unpaired) electrons. The van der Waals surface area contributed by atoms with Crippen LogP contribution < -0.4 is 4.52 Å². The molecule has 17 heavy (non-hydrogen) atoms. The van der Waals surface area contributed by atoms with Crippen LogP contribution in [0.15, 0.2) is 24.3 Å². The van der Waals surface area contributed by atoms with Gasteiger partial charge in [-0.2, -0.15) is 0 Å². The van der Waals surface area contributed by atoms with Gasteiger partial charge in [0, 0.05) is 12.1 Å². The van der Waals surface area contributed by atoms with Gasteiger partial charge in [-0.25, -0.2) is 4.57 Å². The van der Waals surface area contributed by atoms with E-state index in [4.69, 9.17) is 13.8 Å². The van der Waals surface area contributed by atoms with Crippen LogP contribution >= 0.6 is 7.60 Å². The lowest BCUT2D eigenvalue weighted by molar-refractivity contribution is -0.384. The second-order valence-electron chi connectivity index (χ2n) is 3.32. The monoisotopic (exact) mass is 259 g/mol. The second-order valence-corrected chi connectivity index (χ2v) is 5.24. The molecule has 1 fully saturated rings. The van der Waals surface area contributed by atoms with Crippen LogP contribution in [-0.4, -0.2) is 24.5 Å². The average molecular weight is 259 g/mol. The summed E-state index contributed by atoms with van der Waals surface area (Å²) in [4.78, 5) is 9.91. The Morgan fingerprint density at radius 2 is 2.00 bits per heavy atom. The van der Waals surface area contributed by atoms with E-state index in [1.165, 1.54) is 24.3 Å². The van der Waals surface area contributed by atoms with Gasteiger partial charge < -0.3 is 9.26 Å². The van der Waals surface area contributed by atoms with E-state index < -0.39 is 12.5 Å². The van der Waals surface area contributed by atoms with E-state index in [-0.39, 0.29) is 24.4 Å².